The number of fused-ring (bicyclic) bond motifs is 1. The Labute approximate surface area is 137 Å². The summed E-state index contributed by atoms with van der Waals surface area (Å²) < 4.78 is 15.0. The third-order valence-corrected chi connectivity index (χ3v) is 3.99. The van der Waals surface area contributed by atoms with Crippen molar-refractivity contribution in [2.24, 2.45) is 0 Å². The molecule has 24 heavy (non-hydrogen) atoms. The van der Waals surface area contributed by atoms with Crippen molar-refractivity contribution in [3.8, 4) is 22.4 Å². The molecule has 3 aromatic heterocycles. The van der Waals surface area contributed by atoms with Gasteiger partial charge in [0.1, 0.15) is 11.6 Å². The van der Waals surface area contributed by atoms with Gasteiger partial charge in [-0.3, -0.25) is 4.40 Å². The number of pyridine rings is 1. The van der Waals surface area contributed by atoms with Crippen molar-refractivity contribution in [3.05, 3.63) is 66.5 Å². The average molecular weight is 319 g/mol. The van der Waals surface area contributed by atoms with Crippen LogP contribution in [0.5, 0.6) is 0 Å². The van der Waals surface area contributed by atoms with Gasteiger partial charge in [-0.2, -0.15) is 0 Å². The first kappa shape index (κ1) is 14.3. The number of rotatable bonds is 2. The molecule has 0 amide bonds. The van der Waals surface area contributed by atoms with Crippen LogP contribution < -0.4 is 5.73 Å². The Morgan fingerprint density at radius 3 is 2.58 bits per heavy atom. The molecule has 5 nitrogen and oxygen atoms in total. The molecule has 118 valence electrons. The maximum absolute atomic E-state index is 13.1. The molecule has 0 aliphatic heterocycles. The first-order chi connectivity index (χ1) is 11.6. The average Bonchev–Trinajstić information content (AvgIpc) is 2.92. The van der Waals surface area contributed by atoms with Gasteiger partial charge in [0.05, 0.1) is 5.69 Å². The summed E-state index contributed by atoms with van der Waals surface area (Å²) in [7, 11) is 0. The van der Waals surface area contributed by atoms with E-state index in [0.717, 1.165) is 28.1 Å². The molecule has 3 heterocycles. The smallest absolute Gasteiger partial charge is 0.234 e. The van der Waals surface area contributed by atoms with Crippen molar-refractivity contribution >= 4 is 11.6 Å². The molecule has 0 saturated carbocycles. The highest BCUT2D eigenvalue weighted by atomic mass is 19.1. The predicted molar refractivity (Wildman–Crippen MR) is 90.8 cm³/mol. The fraction of sp³-hybridized carbons (Fsp3) is 0.0556. The minimum absolute atomic E-state index is 0.263. The summed E-state index contributed by atoms with van der Waals surface area (Å²) in [5, 5.41) is 0. The van der Waals surface area contributed by atoms with Gasteiger partial charge < -0.3 is 5.73 Å². The number of benzene rings is 1. The van der Waals surface area contributed by atoms with Crippen LogP contribution in [0, 0.1) is 12.7 Å². The second-order valence-electron chi connectivity index (χ2n) is 5.50. The number of hydrogen-bond acceptors (Lipinski definition) is 4. The van der Waals surface area contributed by atoms with E-state index in [4.69, 9.17) is 5.73 Å². The van der Waals surface area contributed by atoms with Crippen molar-refractivity contribution in [1.29, 1.82) is 0 Å². The highest BCUT2D eigenvalue weighted by Crippen LogP contribution is 2.28. The van der Waals surface area contributed by atoms with E-state index in [2.05, 4.69) is 15.0 Å². The largest absolute Gasteiger partial charge is 0.383 e. The predicted octanol–water partition coefficient (Wildman–Crippen LogP) is 3.49. The molecule has 4 aromatic rings. The molecule has 4 rings (SSSR count). The Kier molecular flexibility index (Phi) is 3.23. The Morgan fingerprint density at radius 1 is 1.04 bits per heavy atom. The van der Waals surface area contributed by atoms with E-state index < -0.39 is 0 Å². The molecule has 0 fully saturated rings. The van der Waals surface area contributed by atoms with Crippen LogP contribution in [0.15, 0.2) is 55.0 Å². The highest BCUT2D eigenvalue weighted by molar-refractivity contribution is 5.74. The van der Waals surface area contributed by atoms with E-state index in [1.54, 1.807) is 24.5 Å². The number of aryl methyl sites for hydroxylation is 1. The van der Waals surface area contributed by atoms with Gasteiger partial charge in [0, 0.05) is 35.4 Å². The summed E-state index contributed by atoms with van der Waals surface area (Å²) >= 11 is 0. The molecule has 0 bridgehead atoms. The lowest BCUT2D eigenvalue weighted by Gasteiger charge is -2.04. The maximum Gasteiger partial charge on any atom is 0.234 e. The minimum Gasteiger partial charge on any atom is -0.383 e. The molecule has 0 aliphatic rings. The van der Waals surface area contributed by atoms with Gasteiger partial charge in [0.15, 0.2) is 0 Å². The number of nitrogen functional groups attached to an aromatic ring is 1. The van der Waals surface area contributed by atoms with Gasteiger partial charge in [-0.25, -0.2) is 19.3 Å². The summed E-state index contributed by atoms with van der Waals surface area (Å²) in [6.45, 7) is 1.96. The molecule has 0 aliphatic carbocycles. The first-order valence-electron chi connectivity index (χ1n) is 7.45. The van der Waals surface area contributed by atoms with Crippen LogP contribution >= 0.6 is 0 Å². The lowest BCUT2D eigenvalue weighted by molar-refractivity contribution is 0.628. The van der Waals surface area contributed by atoms with E-state index in [-0.39, 0.29) is 5.82 Å². The van der Waals surface area contributed by atoms with Crippen LogP contribution in [0.3, 0.4) is 0 Å². The maximum atomic E-state index is 13.1. The van der Waals surface area contributed by atoms with Crippen molar-refractivity contribution in [2.75, 3.05) is 5.73 Å². The van der Waals surface area contributed by atoms with Crippen LogP contribution in [-0.2, 0) is 0 Å². The third kappa shape index (κ3) is 2.28. The molecular formula is C18H14FN5. The summed E-state index contributed by atoms with van der Waals surface area (Å²) in [6.07, 6.45) is 5.31. The third-order valence-electron chi connectivity index (χ3n) is 3.99. The monoisotopic (exact) mass is 319 g/mol. The van der Waals surface area contributed by atoms with E-state index >= 15 is 0 Å². The van der Waals surface area contributed by atoms with Crippen molar-refractivity contribution in [1.82, 2.24) is 19.4 Å². The van der Waals surface area contributed by atoms with Crippen LogP contribution in [0.4, 0.5) is 10.2 Å². The summed E-state index contributed by atoms with van der Waals surface area (Å²) in [6, 6.07) is 10.0. The number of aromatic nitrogens is 4. The van der Waals surface area contributed by atoms with Crippen LogP contribution in [0.25, 0.3) is 28.2 Å². The van der Waals surface area contributed by atoms with Gasteiger partial charge in [-0.1, -0.05) is 12.1 Å². The molecule has 0 saturated heterocycles. The fourth-order valence-corrected chi connectivity index (χ4v) is 2.71. The summed E-state index contributed by atoms with van der Waals surface area (Å²) in [5.74, 6) is 0.750. The van der Waals surface area contributed by atoms with E-state index in [0.29, 0.717) is 11.6 Å². The SMILES string of the molecule is Cc1c(-c2cccnc2N)nc2ncc(-c3ccc(F)cc3)cn12. The lowest BCUT2D eigenvalue weighted by Crippen LogP contribution is -1.95. The second-order valence-corrected chi connectivity index (χ2v) is 5.50. The highest BCUT2D eigenvalue weighted by Gasteiger charge is 2.14. The summed E-state index contributed by atoms with van der Waals surface area (Å²) in [5.41, 5.74) is 10.2. The van der Waals surface area contributed by atoms with Crippen LogP contribution in [0.1, 0.15) is 5.69 Å². The fourth-order valence-electron chi connectivity index (χ4n) is 2.71. The normalized spacial score (nSPS) is 11.1. The number of halogens is 1. The van der Waals surface area contributed by atoms with Gasteiger partial charge in [-0.15, -0.1) is 0 Å². The number of anilines is 1. The van der Waals surface area contributed by atoms with Crippen LogP contribution in [-0.4, -0.2) is 19.4 Å². The topological polar surface area (TPSA) is 69.1 Å². The summed E-state index contributed by atoms with van der Waals surface area (Å²) in [4.78, 5) is 13.1. The zero-order valence-electron chi connectivity index (χ0n) is 12.9. The number of imidazole rings is 1. The molecule has 0 radical (unpaired) electrons. The quantitative estimate of drug-likeness (QED) is 0.614. The second kappa shape index (κ2) is 5.42. The van der Waals surface area contributed by atoms with Crippen LogP contribution in [0.2, 0.25) is 0 Å². The van der Waals surface area contributed by atoms with Gasteiger partial charge in [0.25, 0.3) is 0 Å². The van der Waals surface area contributed by atoms with Gasteiger partial charge >= 0.3 is 0 Å². The van der Waals surface area contributed by atoms with Crippen molar-refractivity contribution < 1.29 is 4.39 Å². The Morgan fingerprint density at radius 2 is 1.83 bits per heavy atom. The van der Waals surface area contributed by atoms with E-state index in [9.17, 15) is 4.39 Å². The molecule has 0 atom stereocenters. The van der Waals surface area contributed by atoms with Crippen molar-refractivity contribution in [2.45, 2.75) is 6.92 Å². The zero-order valence-corrected chi connectivity index (χ0v) is 12.9. The molecule has 2 N–H and O–H groups in total. The van der Waals surface area contributed by atoms with E-state index in [1.165, 1.54) is 12.1 Å². The molecular weight excluding hydrogens is 305 g/mol. The van der Waals surface area contributed by atoms with Gasteiger partial charge in [0.2, 0.25) is 5.78 Å². The van der Waals surface area contributed by atoms with Crippen molar-refractivity contribution in [3.63, 3.8) is 0 Å². The first-order valence-corrected chi connectivity index (χ1v) is 7.45. The Bertz CT molecular complexity index is 1040. The van der Waals surface area contributed by atoms with Gasteiger partial charge in [-0.05, 0) is 36.8 Å². The lowest BCUT2D eigenvalue weighted by atomic mass is 10.1. The molecule has 0 spiro atoms. The Hall–Kier alpha value is -3.28. The molecule has 0 unspecified atom stereocenters. The standard InChI is InChI=1S/C18H14FN5/c1-11-16(15-3-2-8-21-17(15)20)23-18-22-9-13(10-24(11)18)12-4-6-14(19)7-5-12/h2-10H,1H3,(H2,20,21). The number of nitrogens with zero attached hydrogens (tertiary/aromatic N) is 4. The van der Waals surface area contributed by atoms with E-state index in [1.807, 2.05) is 29.7 Å². The zero-order chi connectivity index (χ0) is 16.7. The molecule has 6 heteroatoms. The minimum atomic E-state index is -0.263. The molecule has 1 aromatic carbocycles. The number of hydrogen-bond donors (Lipinski definition) is 1. The number of nitrogens with two attached hydrogens (primary N) is 1. The Balaban J connectivity index is 1.88.